The average molecular weight is 385 g/mol. The van der Waals surface area contributed by atoms with Gasteiger partial charge in [0.05, 0.1) is 11.5 Å². The van der Waals surface area contributed by atoms with Gasteiger partial charge in [-0.2, -0.15) is 0 Å². The molecule has 0 aliphatic carbocycles. The van der Waals surface area contributed by atoms with Gasteiger partial charge in [-0.15, -0.1) is 0 Å². The molecule has 5 nitrogen and oxygen atoms in total. The Morgan fingerprint density at radius 2 is 1.89 bits per heavy atom. The summed E-state index contributed by atoms with van der Waals surface area (Å²) in [6.07, 6.45) is 1.64. The molecule has 2 N–H and O–H groups in total. The first-order valence-corrected chi connectivity index (χ1v) is 8.94. The Hall–Kier alpha value is -3.06. The first-order valence-electron chi connectivity index (χ1n) is 8.12. The Labute approximate surface area is 159 Å². The van der Waals surface area contributed by atoms with E-state index in [0.29, 0.717) is 10.5 Å². The van der Waals surface area contributed by atoms with E-state index in [1.807, 2.05) is 0 Å². The highest BCUT2D eigenvalue weighted by molar-refractivity contribution is 8.18. The highest BCUT2D eigenvalue weighted by atomic mass is 32.2. The number of phenols is 1. The molecule has 0 unspecified atom stereocenters. The Bertz CT molecular complexity index is 964. The minimum absolute atomic E-state index is 0.0560. The zero-order chi connectivity index (χ0) is 19.4. The molecule has 7 heteroatoms. The molecule has 0 amide bonds. The van der Waals surface area contributed by atoms with Gasteiger partial charge in [0.15, 0.2) is 0 Å². The number of benzene rings is 2. The largest absolute Gasteiger partial charge is 0.508 e. The van der Waals surface area contributed by atoms with Crippen LogP contribution in [0.5, 0.6) is 5.75 Å². The number of nitrogens with zero attached hydrogens (tertiary/aromatic N) is 1. The second-order valence-electron chi connectivity index (χ2n) is 5.51. The lowest BCUT2D eigenvalue weighted by atomic mass is 10.1. The number of esters is 1. The molecule has 0 bridgehead atoms. The molecule has 1 heterocycles. The average Bonchev–Trinajstić information content (AvgIpc) is 2.94. The number of hydrogen-bond donors (Lipinski definition) is 2. The lowest BCUT2D eigenvalue weighted by molar-refractivity contribution is -0.138. The number of aliphatic imine (C=N–C) groups is 1. The first kappa shape index (κ1) is 18.7. The van der Waals surface area contributed by atoms with Crippen LogP contribution in [0.25, 0.3) is 6.08 Å². The van der Waals surface area contributed by atoms with Crippen molar-refractivity contribution in [1.29, 1.82) is 0 Å². The van der Waals surface area contributed by atoms with Crippen molar-refractivity contribution >= 4 is 34.5 Å². The van der Waals surface area contributed by atoms with Gasteiger partial charge in [-0.05, 0) is 42.8 Å². The number of aromatic hydroxyl groups is 1. The van der Waals surface area contributed by atoms with Crippen molar-refractivity contribution in [2.45, 2.75) is 6.92 Å². The molecule has 0 spiro atoms. The third-order valence-electron chi connectivity index (χ3n) is 3.64. The van der Waals surface area contributed by atoms with E-state index < -0.39 is 11.8 Å². The van der Waals surface area contributed by atoms with E-state index in [4.69, 9.17) is 4.74 Å². The van der Waals surface area contributed by atoms with Gasteiger partial charge in [-0.3, -0.25) is 0 Å². The van der Waals surface area contributed by atoms with E-state index in [0.717, 1.165) is 11.8 Å². The van der Waals surface area contributed by atoms with Crippen molar-refractivity contribution in [1.82, 2.24) is 0 Å². The van der Waals surface area contributed by atoms with Gasteiger partial charge in [0.1, 0.15) is 33.6 Å². The molecule has 2 aromatic carbocycles. The van der Waals surface area contributed by atoms with Crippen LogP contribution < -0.4 is 0 Å². The summed E-state index contributed by atoms with van der Waals surface area (Å²) in [7, 11) is 0. The molecule has 138 valence electrons. The Balaban J connectivity index is 2.05. The number of thioether (sulfide) groups is 1. The SMILES string of the molecule is CCOC(=O)C1=C(O)C(=Cc2ccc(O)cc2)SC1=Nc1ccccc1F. The van der Waals surface area contributed by atoms with Crippen LogP contribution in [0.4, 0.5) is 10.1 Å². The van der Waals surface area contributed by atoms with Crippen LogP contribution in [-0.2, 0) is 9.53 Å². The van der Waals surface area contributed by atoms with Crippen molar-refractivity contribution in [2.75, 3.05) is 6.61 Å². The monoisotopic (exact) mass is 385 g/mol. The maximum Gasteiger partial charge on any atom is 0.344 e. The van der Waals surface area contributed by atoms with E-state index in [2.05, 4.69) is 4.99 Å². The van der Waals surface area contributed by atoms with E-state index in [9.17, 15) is 19.4 Å². The lowest BCUT2D eigenvalue weighted by Gasteiger charge is -2.04. The highest BCUT2D eigenvalue weighted by Gasteiger charge is 2.33. The second-order valence-corrected chi connectivity index (χ2v) is 6.55. The van der Waals surface area contributed by atoms with Gasteiger partial charge in [-0.25, -0.2) is 14.2 Å². The van der Waals surface area contributed by atoms with Crippen LogP contribution in [0.15, 0.2) is 69.8 Å². The zero-order valence-electron chi connectivity index (χ0n) is 14.3. The topological polar surface area (TPSA) is 79.1 Å². The number of aliphatic hydroxyl groups is 1. The number of rotatable bonds is 4. The quantitative estimate of drug-likeness (QED) is 0.744. The van der Waals surface area contributed by atoms with Crippen molar-refractivity contribution in [3.63, 3.8) is 0 Å². The summed E-state index contributed by atoms with van der Waals surface area (Å²) in [6, 6.07) is 12.2. The Morgan fingerprint density at radius 1 is 1.19 bits per heavy atom. The summed E-state index contributed by atoms with van der Waals surface area (Å²) in [5.41, 5.74) is 0.660. The molecule has 2 aromatic rings. The third-order valence-corrected chi connectivity index (χ3v) is 4.66. The third kappa shape index (κ3) is 4.20. The van der Waals surface area contributed by atoms with E-state index in [1.54, 1.807) is 31.2 Å². The van der Waals surface area contributed by atoms with Crippen molar-refractivity contribution in [2.24, 2.45) is 4.99 Å². The summed E-state index contributed by atoms with van der Waals surface area (Å²) in [6.45, 7) is 1.78. The molecule has 3 rings (SSSR count). The van der Waals surface area contributed by atoms with Crippen LogP contribution in [0, 0.1) is 5.82 Å². The number of carbonyl (C=O) groups is 1. The fourth-order valence-corrected chi connectivity index (χ4v) is 3.39. The van der Waals surface area contributed by atoms with E-state index in [-0.39, 0.29) is 34.4 Å². The minimum Gasteiger partial charge on any atom is -0.508 e. The summed E-state index contributed by atoms with van der Waals surface area (Å²) in [5.74, 6) is -1.43. The van der Waals surface area contributed by atoms with Gasteiger partial charge in [0, 0.05) is 0 Å². The van der Waals surface area contributed by atoms with Gasteiger partial charge < -0.3 is 14.9 Å². The van der Waals surface area contributed by atoms with E-state index >= 15 is 0 Å². The maximum atomic E-state index is 13.9. The summed E-state index contributed by atoms with van der Waals surface area (Å²) >= 11 is 1.04. The highest BCUT2D eigenvalue weighted by Crippen LogP contribution is 2.40. The van der Waals surface area contributed by atoms with Crippen LogP contribution in [0.2, 0.25) is 0 Å². The molecule has 27 heavy (non-hydrogen) atoms. The first-order chi connectivity index (χ1) is 13.0. The Kier molecular flexibility index (Phi) is 5.61. The molecular weight excluding hydrogens is 369 g/mol. The van der Waals surface area contributed by atoms with Gasteiger partial charge in [0.2, 0.25) is 0 Å². The lowest BCUT2D eigenvalue weighted by Crippen LogP contribution is -2.12. The van der Waals surface area contributed by atoms with Crippen molar-refractivity contribution in [3.8, 4) is 5.75 Å². The second kappa shape index (κ2) is 8.09. The van der Waals surface area contributed by atoms with Crippen LogP contribution in [0.3, 0.4) is 0 Å². The number of ether oxygens (including phenoxy) is 1. The molecule has 1 aliphatic heterocycles. The predicted molar refractivity (Wildman–Crippen MR) is 103 cm³/mol. The van der Waals surface area contributed by atoms with Crippen molar-refractivity contribution in [3.05, 3.63) is 76.1 Å². The molecule has 1 aliphatic rings. The Morgan fingerprint density at radius 3 is 2.56 bits per heavy atom. The molecule has 0 fully saturated rings. The molecule has 0 saturated heterocycles. The number of hydrogen-bond acceptors (Lipinski definition) is 6. The fourth-order valence-electron chi connectivity index (χ4n) is 2.37. The predicted octanol–water partition coefficient (Wildman–Crippen LogP) is 4.72. The van der Waals surface area contributed by atoms with Gasteiger partial charge in [-0.1, -0.05) is 36.0 Å². The standard InChI is InChI=1S/C20H16FNO4S/c1-2-26-20(25)17-18(24)16(11-12-7-9-13(23)10-8-12)27-19(17)22-15-6-4-3-5-14(15)21/h3-11,23-24H,2H2,1H3. The normalized spacial score (nSPS) is 17.0. The van der Waals surface area contributed by atoms with Crippen LogP contribution in [0.1, 0.15) is 12.5 Å². The number of halogens is 1. The number of para-hydroxylation sites is 1. The molecule has 0 saturated carbocycles. The van der Waals surface area contributed by atoms with Crippen LogP contribution >= 0.6 is 11.8 Å². The summed E-state index contributed by atoms with van der Waals surface area (Å²) in [4.78, 5) is 16.9. The summed E-state index contributed by atoms with van der Waals surface area (Å²) < 4.78 is 19.0. The van der Waals surface area contributed by atoms with Gasteiger partial charge in [0.25, 0.3) is 0 Å². The molecule has 0 atom stereocenters. The summed E-state index contributed by atoms with van der Waals surface area (Å²) in [5, 5.41) is 20.1. The number of carbonyl (C=O) groups excluding carboxylic acids is 1. The minimum atomic E-state index is -0.730. The molecule has 0 aromatic heterocycles. The zero-order valence-corrected chi connectivity index (χ0v) is 15.2. The molecule has 0 radical (unpaired) electrons. The van der Waals surface area contributed by atoms with Crippen molar-refractivity contribution < 1.29 is 24.1 Å². The van der Waals surface area contributed by atoms with Crippen LogP contribution in [-0.4, -0.2) is 27.8 Å². The van der Waals surface area contributed by atoms with E-state index in [1.165, 1.54) is 30.3 Å². The molecular formula is C20H16FNO4S. The fraction of sp³-hybridized carbons (Fsp3) is 0.100. The van der Waals surface area contributed by atoms with Gasteiger partial charge >= 0.3 is 5.97 Å². The maximum absolute atomic E-state index is 13.9. The number of phenolic OH excluding ortho intramolecular Hbond substituents is 1. The smallest absolute Gasteiger partial charge is 0.344 e. The number of aliphatic hydroxyl groups excluding tert-OH is 1.